The third-order valence-corrected chi connectivity index (χ3v) is 8.49. The molecule has 0 saturated heterocycles. The monoisotopic (exact) mass is 536 g/mol. The predicted octanol–water partition coefficient (Wildman–Crippen LogP) is 9.10. The number of nitrogens with zero attached hydrogens (tertiary/aromatic N) is 4. The van der Waals surface area contributed by atoms with E-state index in [0.717, 1.165) is 62.7 Å². The van der Waals surface area contributed by atoms with Crippen molar-refractivity contribution in [2.45, 2.75) is 12.8 Å². The van der Waals surface area contributed by atoms with E-state index >= 15 is 0 Å². The third kappa shape index (κ3) is 3.33. The fourth-order valence-electron chi connectivity index (χ4n) is 6.77. The molecule has 42 heavy (non-hydrogen) atoms. The van der Waals surface area contributed by atoms with Crippen LogP contribution in [0.25, 0.3) is 61.3 Å². The van der Waals surface area contributed by atoms with Gasteiger partial charge in [0.2, 0.25) is 0 Å². The summed E-state index contributed by atoms with van der Waals surface area (Å²) in [6.07, 6.45) is 6.39. The van der Waals surface area contributed by atoms with Crippen LogP contribution in [0.1, 0.15) is 28.8 Å². The van der Waals surface area contributed by atoms with Crippen molar-refractivity contribution in [3.8, 4) is 34.6 Å². The van der Waals surface area contributed by atoms with Crippen LogP contribution in [-0.2, 0) is 6.42 Å². The Hall–Kier alpha value is -5.84. The summed E-state index contributed by atoms with van der Waals surface area (Å²) in [7, 11) is 0. The quantitative estimate of drug-likeness (QED) is 0.226. The van der Waals surface area contributed by atoms with E-state index in [1.165, 1.54) is 16.6 Å². The molecule has 0 spiro atoms. The van der Waals surface area contributed by atoms with Crippen molar-refractivity contribution in [1.29, 1.82) is 10.5 Å². The minimum atomic E-state index is 0.521. The van der Waals surface area contributed by atoms with Crippen molar-refractivity contribution < 1.29 is 0 Å². The van der Waals surface area contributed by atoms with Crippen molar-refractivity contribution in [3.63, 3.8) is 0 Å². The Morgan fingerprint density at radius 1 is 0.571 bits per heavy atom. The molecule has 1 aliphatic rings. The molecule has 4 heteroatoms. The summed E-state index contributed by atoms with van der Waals surface area (Å²) < 4.78 is 4.53. The molecule has 196 valence electrons. The molecule has 5 aromatic carbocycles. The van der Waals surface area contributed by atoms with Gasteiger partial charge < -0.3 is 9.13 Å². The molecule has 0 amide bonds. The van der Waals surface area contributed by atoms with Gasteiger partial charge in [-0.1, -0.05) is 84.9 Å². The zero-order chi connectivity index (χ0) is 28.2. The van der Waals surface area contributed by atoms with Gasteiger partial charge in [-0.2, -0.15) is 10.5 Å². The molecular formula is C38H24N4. The van der Waals surface area contributed by atoms with Crippen molar-refractivity contribution in [3.05, 3.63) is 138 Å². The van der Waals surface area contributed by atoms with Gasteiger partial charge in [-0.15, -0.1) is 0 Å². The van der Waals surface area contributed by atoms with Gasteiger partial charge in [0.15, 0.2) is 0 Å². The molecule has 7 aromatic rings. The van der Waals surface area contributed by atoms with Gasteiger partial charge in [-0.05, 0) is 49.2 Å². The highest BCUT2D eigenvalue weighted by Crippen LogP contribution is 2.43. The number of hydrogen-bond acceptors (Lipinski definition) is 2. The molecule has 1 aliphatic carbocycles. The maximum Gasteiger partial charge on any atom is 0.101 e. The van der Waals surface area contributed by atoms with Crippen molar-refractivity contribution in [1.82, 2.24) is 9.13 Å². The van der Waals surface area contributed by atoms with Crippen LogP contribution in [0.3, 0.4) is 0 Å². The molecule has 0 unspecified atom stereocenters. The highest BCUT2D eigenvalue weighted by molar-refractivity contribution is 6.10. The number of allylic oxidation sites excluding steroid dienone is 1. The number of hydrogen-bond donors (Lipinski definition) is 0. The van der Waals surface area contributed by atoms with E-state index in [0.29, 0.717) is 11.1 Å². The number of aromatic nitrogens is 2. The summed E-state index contributed by atoms with van der Waals surface area (Å²) in [6, 6.07) is 41.9. The first-order valence-corrected chi connectivity index (χ1v) is 14.1. The molecule has 0 N–H and O–H groups in total. The zero-order valence-corrected chi connectivity index (χ0v) is 22.8. The van der Waals surface area contributed by atoms with Crippen LogP contribution in [0.2, 0.25) is 0 Å². The van der Waals surface area contributed by atoms with Gasteiger partial charge in [0.05, 0.1) is 45.1 Å². The number of para-hydroxylation sites is 4. The SMILES string of the molecule is N#Cc1ccc(C#N)c(-n2c3ccccc3c3ccccc32)c1-c1ccccc1-n1c2c(c3ccccc31)C=CCC2. The van der Waals surface area contributed by atoms with Gasteiger partial charge >= 0.3 is 0 Å². The lowest BCUT2D eigenvalue weighted by Crippen LogP contribution is -2.07. The molecule has 4 nitrogen and oxygen atoms in total. The lowest BCUT2D eigenvalue weighted by Gasteiger charge is -2.21. The van der Waals surface area contributed by atoms with E-state index in [4.69, 9.17) is 0 Å². The second-order valence-electron chi connectivity index (χ2n) is 10.6. The Morgan fingerprint density at radius 3 is 1.83 bits per heavy atom. The number of fused-ring (bicyclic) bond motifs is 6. The molecule has 0 atom stereocenters. The standard InChI is InChI=1S/C38H24N4/c39-23-25-21-22-26(24-40)38(42-34-18-8-3-13-29(34)30-14-4-9-19-35(30)42)37(25)31-15-5-10-20-36(31)41-32-16-6-1-11-27(32)28-12-2-7-17-33(28)41/h1-6,8-16,18-22H,7,17H2. The molecule has 0 bridgehead atoms. The zero-order valence-electron chi connectivity index (χ0n) is 22.8. The van der Waals surface area contributed by atoms with Crippen LogP contribution >= 0.6 is 0 Å². The van der Waals surface area contributed by atoms with E-state index in [2.05, 4.69) is 100 Å². The Kier molecular flexibility index (Phi) is 5.36. The summed E-state index contributed by atoms with van der Waals surface area (Å²) >= 11 is 0. The first kappa shape index (κ1) is 24.0. The summed E-state index contributed by atoms with van der Waals surface area (Å²) in [4.78, 5) is 0. The van der Waals surface area contributed by atoms with Crippen LogP contribution in [0.15, 0.2) is 115 Å². The second-order valence-corrected chi connectivity index (χ2v) is 10.6. The normalized spacial score (nSPS) is 12.4. The highest BCUT2D eigenvalue weighted by Gasteiger charge is 2.25. The minimum Gasteiger partial charge on any atom is -0.312 e. The molecule has 0 aliphatic heterocycles. The maximum atomic E-state index is 10.5. The lowest BCUT2D eigenvalue weighted by atomic mass is 9.93. The number of rotatable bonds is 3. The third-order valence-electron chi connectivity index (χ3n) is 8.49. The molecule has 2 heterocycles. The maximum absolute atomic E-state index is 10.5. The molecular weight excluding hydrogens is 512 g/mol. The largest absolute Gasteiger partial charge is 0.312 e. The fraction of sp³-hybridized carbons (Fsp3) is 0.0526. The van der Waals surface area contributed by atoms with Gasteiger partial charge in [0.1, 0.15) is 6.07 Å². The molecule has 8 rings (SSSR count). The second kappa shape index (κ2) is 9.37. The molecule has 0 fully saturated rings. The van der Waals surface area contributed by atoms with Gasteiger partial charge in [0.25, 0.3) is 0 Å². The predicted molar refractivity (Wildman–Crippen MR) is 170 cm³/mol. The van der Waals surface area contributed by atoms with Crippen LogP contribution in [0.4, 0.5) is 0 Å². The number of benzene rings is 5. The first-order chi connectivity index (χ1) is 20.8. The smallest absolute Gasteiger partial charge is 0.101 e. The summed E-state index contributed by atoms with van der Waals surface area (Å²) in [6.45, 7) is 0. The minimum absolute atomic E-state index is 0.521. The summed E-state index contributed by atoms with van der Waals surface area (Å²) in [5.74, 6) is 0. The average molecular weight is 537 g/mol. The van der Waals surface area contributed by atoms with Crippen LogP contribution in [0.5, 0.6) is 0 Å². The van der Waals surface area contributed by atoms with Gasteiger partial charge in [0, 0.05) is 38.5 Å². The van der Waals surface area contributed by atoms with E-state index in [-0.39, 0.29) is 0 Å². The Balaban J connectivity index is 1.54. The van der Waals surface area contributed by atoms with Crippen LogP contribution in [-0.4, -0.2) is 9.13 Å². The van der Waals surface area contributed by atoms with Gasteiger partial charge in [-0.25, -0.2) is 0 Å². The van der Waals surface area contributed by atoms with Crippen molar-refractivity contribution in [2.24, 2.45) is 0 Å². The summed E-state index contributed by atoms with van der Waals surface area (Å²) in [5.41, 5.74) is 10.1. The van der Waals surface area contributed by atoms with E-state index in [9.17, 15) is 10.5 Å². The van der Waals surface area contributed by atoms with Crippen molar-refractivity contribution >= 4 is 38.8 Å². The number of nitriles is 2. The average Bonchev–Trinajstić information content (AvgIpc) is 3.57. The van der Waals surface area contributed by atoms with Crippen LogP contribution in [0, 0.1) is 22.7 Å². The lowest BCUT2D eigenvalue weighted by molar-refractivity contribution is 0.889. The molecule has 0 radical (unpaired) electrons. The Labute approximate surface area is 243 Å². The molecule has 0 saturated carbocycles. The summed E-state index contributed by atoms with van der Waals surface area (Å²) in [5, 5.41) is 24.4. The first-order valence-electron chi connectivity index (χ1n) is 14.1. The fourth-order valence-corrected chi connectivity index (χ4v) is 6.77. The van der Waals surface area contributed by atoms with Crippen molar-refractivity contribution in [2.75, 3.05) is 0 Å². The Bertz CT molecular complexity index is 2280. The van der Waals surface area contributed by atoms with E-state index in [1.54, 1.807) is 12.1 Å². The van der Waals surface area contributed by atoms with E-state index < -0.39 is 0 Å². The highest BCUT2D eigenvalue weighted by atomic mass is 15.0. The Morgan fingerprint density at radius 2 is 1.14 bits per heavy atom. The topological polar surface area (TPSA) is 57.4 Å². The molecule has 2 aromatic heterocycles. The van der Waals surface area contributed by atoms with E-state index in [1.807, 2.05) is 30.3 Å². The van der Waals surface area contributed by atoms with Gasteiger partial charge in [-0.3, -0.25) is 0 Å². The van der Waals surface area contributed by atoms with Crippen LogP contribution < -0.4 is 0 Å².